The summed E-state index contributed by atoms with van der Waals surface area (Å²) in [5.41, 5.74) is 7.23. The minimum atomic E-state index is -0.454. The normalized spacial score (nSPS) is 11.0. The van der Waals surface area contributed by atoms with Crippen molar-refractivity contribution in [3.63, 3.8) is 0 Å². The Morgan fingerprint density at radius 3 is 2.14 bits per heavy atom. The number of nitro benzene ring substituents is 1. The summed E-state index contributed by atoms with van der Waals surface area (Å²) in [5, 5.41) is 22.5. The highest BCUT2D eigenvalue weighted by atomic mass is 16.6. The second-order valence-electron chi connectivity index (χ2n) is 7.81. The number of nitro groups is 1. The molecule has 0 unspecified atom stereocenters. The first-order chi connectivity index (χ1) is 17.5. The van der Waals surface area contributed by atoms with E-state index in [2.05, 4.69) is 41.1 Å². The van der Waals surface area contributed by atoms with E-state index in [0.717, 1.165) is 27.8 Å². The maximum Gasteiger partial charge on any atom is 0.269 e. The van der Waals surface area contributed by atoms with Crippen molar-refractivity contribution < 1.29 is 4.92 Å². The summed E-state index contributed by atoms with van der Waals surface area (Å²) >= 11 is 0. The number of anilines is 5. The number of aryl methyl sites for hydroxylation is 1. The molecular weight excluding hydrogens is 458 g/mol. The number of para-hydroxylation sites is 2. The Labute approximate surface area is 205 Å². The van der Waals surface area contributed by atoms with Crippen LogP contribution >= 0.6 is 0 Å². The molecule has 3 aromatic carbocycles. The van der Waals surface area contributed by atoms with Gasteiger partial charge in [-0.1, -0.05) is 36.4 Å². The molecule has 0 saturated heterocycles. The van der Waals surface area contributed by atoms with Crippen molar-refractivity contribution in [2.75, 3.05) is 16.1 Å². The third-order valence-corrected chi connectivity index (χ3v) is 5.30. The molecule has 11 heteroatoms. The molecule has 0 aliphatic heterocycles. The van der Waals surface area contributed by atoms with Gasteiger partial charge in [0.25, 0.3) is 5.69 Å². The summed E-state index contributed by atoms with van der Waals surface area (Å²) in [6.07, 6.45) is 1.71. The Morgan fingerprint density at radius 1 is 0.833 bits per heavy atom. The fourth-order valence-electron chi connectivity index (χ4n) is 3.60. The van der Waals surface area contributed by atoms with Gasteiger partial charge in [0.15, 0.2) is 0 Å². The SMILES string of the molecule is Cc1[nH]c2ccccc2c1/C=N\Nc1nc(Nc2ccccc2)nc(Nc2ccc([N+](=O)[O-])cc2)n1. The van der Waals surface area contributed by atoms with E-state index in [9.17, 15) is 10.1 Å². The Kier molecular flexibility index (Phi) is 6.17. The van der Waals surface area contributed by atoms with Gasteiger partial charge in [-0.05, 0) is 37.3 Å². The zero-order valence-corrected chi connectivity index (χ0v) is 19.1. The van der Waals surface area contributed by atoms with Crippen molar-refractivity contribution in [3.05, 3.63) is 100 Å². The van der Waals surface area contributed by atoms with Crippen molar-refractivity contribution >= 4 is 52.0 Å². The van der Waals surface area contributed by atoms with E-state index in [-0.39, 0.29) is 17.6 Å². The molecule has 2 aromatic heterocycles. The van der Waals surface area contributed by atoms with Crippen LogP contribution in [0, 0.1) is 17.0 Å². The number of nitrogens with one attached hydrogen (secondary N) is 4. The van der Waals surface area contributed by atoms with Gasteiger partial charge in [-0.2, -0.15) is 20.1 Å². The minimum Gasteiger partial charge on any atom is -0.358 e. The van der Waals surface area contributed by atoms with E-state index in [1.165, 1.54) is 12.1 Å². The summed E-state index contributed by atoms with van der Waals surface area (Å²) < 4.78 is 0. The number of hydrazone groups is 1. The first kappa shape index (κ1) is 22.5. The van der Waals surface area contributed by atoms with Crippen molar-refractivity contribution in [2.24, 2.45) is 5.10 Å². The molecule has 0 aliphatic carbocycles. The van der Waals surface area contributed by atoms with Crippen LogP contribution in [0.5, 0.6) is 0 Å². The summed E-state index contributed by atoms with van der Waals surface area (Å²) in [7, 11) is 0. The number of hydrogen-bond donors (Lipinski definition) is 4. The summed E-state index contributed by atoms with van der Waals surface area (Å²) in [6, 6.07) is 23.4. The number of aromatic nitrogens is 4. The van der Waals surface area contributed by atoms with Crippen LogP contribution in [0.4, 0.5) is 34.9 Å². The topological polar surface area (TPSA) is 146 Å². The summed E-state index contributed by atoms with van der Waals surface area (Å²) in [5.74, 6) is 0.737. The molecular formula is C25H21N9O2. The highest BCUT2D eigenvalue weighted by molar-refractivity contribution is 6.00. The van der Waals surface area contributed by atoms with E-state index in [4.69, 9.17) is 0 Å². The molecule has 0 aliphatic rings. The molecule has 5 aromatic rings. The Hall–Kier alpha value is -5.32. The fraction of sp³-hybridized carbons (Fsp3) is 0.0400. The summed E-state index contributed by atoms with van der Waals surface area (Å²) in [6.45, 7) is 1.98. The second-order valence-corrected chi connectivity index (χ2v) is 7.81. The third kappa shape index (κ3) is 5.09. The molecule has 0 bridgehead atoms. The lowest BCUT2D eigenvalue weighted by Gasteiger charge is -2.10. The van der Waals surface area contributed by atoms with E-state index in [1.54, 1.807) is 18.3 Å². The lowest BCUT2D eigenvalue weighted by molar-refractivity contribution is -0.384. The van der Waals surface area contributed by atoms with E-state index >= 15 is 0 Å². The van der Waals surface area contributed by atoms with Crippen molar-refractivity contribution in [1.82, 2.24) is 19.9 Å². The van der Waals surface area contributed by atoms with Crippen molar-refractivity contribution in [2.45, 2.75) is 6.92 Å². The van der Waals surface area contributed by atoms with Crippen LogP contribution in [0.15, 0.2) is 84.0 Å². The number of H-pyrrole nitrogens is 1. The van der Waals surface area contributed by atoms with Gasteiger partial charge in [0.1, 0.15) is 0 Å². The Bertz CT molecular complexity index is 1550. The molecule has 0 saturated carbocycles. The molecule has 0 spiro atoms. The van der Waals surface area contributed by atoms with Crippen LogP contribution in [-0.2, 0) is 0 Å². The molecule has 178 valence electrons. The molecule has 0 fully saturated rings. The molecule has 0 amide bonds. The quantitative estimate of drug-likeness (QED) is 0.130. The molecule has 0 atom stereocenters. The smallest absolute Gasteiger partial charge is 0.269 e. The lowest BCUT2D eigenvalue weighted by Crippen LogP contribution is -2.07. The number of nitrogens with zero attached hydrogens (tertiary/aromatic N) is 5. The molecule has 36 heavy (non-hydrogen) atoms. The predicted molar refractivity (Wildman–Crippen MR) is 140 cm³/mol. The van der Waals surface area contributed by atoms with Crippen LogP contribution in [0.3, 0.4) is 0 Å². The van der Waals surface area contributed by atoms with Gasteiger partial charge < -0.3 is 15.6 Å². The molecule has 4 N–H and O–H groups in total. The van der Waals surface area contributed by atoms with Gasteiger partial charge in [0.05, 0.1) is 11.1 Å². The third-order valence-electron chi connectivity index (χ3n) is 5.30. The molecule has 11 nitrogen and oxygen atoms in total. The standard InChI is InChI=1S/C25H21N9O2/c1-16-21(20-9-5-6-10-22(20)27-16)15-26-33-25-31-23(28-17-7-3-2-4-8-17)30-24(32-25)29-18-11-13-19(14-12-18)34(35)36/h2-15,27H,1H3,(H3,28,29,30,31,32,33)/b26-15-. The van der Waals surface area contributed by atoms with Gasteiger partial charge >= 0.3 is 0 Å². The van der Waals surface area contributed by atoms with Crippen LogP contribution in [-0.4, -0.2) is 31.1 Å². The van der Waals surface area contributed by atoms with Gasteiger partial charge in [-0.25, -0.2) is 5.43 Å². The van der Waals surface area contributed by atoms with E-state index in [1.807, 2.05) is 61.5 Å². The molecule has 5 rings (SSSR count). The predicted octanol–water partition coefficient (Wildman–Crippen LogP) is 5.50. The Balaban J connectivity index is 1.41. The Morgan fingerprint density at radius 2 is 1.44 bits per heavy atom. The maximum absolute atomic E-state index is 10.9. The summed E-state index contributed by atoms with van der Waals surface area (Å²) in [4.78, 5) is 27.0. The van der Waals surface area contributed by atoms with Crippen LogP contribution in [0.25, 0.3) is 10.9 Å². The van der Waals surface area contributed by atoms with E-state index in [0.29, 0.717) is 11.6 Å². The molecule has 0 radical (unpaired) electrons. The number of non-ortho nitro benzene ring substituents is 1. The van der Waals surface area contributed by atoms with Gasteiger partial charge in [0, 0.05) is 45.7 Å². The number of hydrogen-bond acceptors (Lipinski definition) is 9. The minimum absolute atomic E-state index is 0.00750. The van der Waals surface area contributed by atoms with E-state index < -0.39 is 4.92 Å². The largest absolute Gasteiger partial charge is 0.358 e. The van der Waals surface area contributed by atoms with Crippen molar-refractivity contribution in [3.8, 4) is 0 Å². The zero-order valence-electron chi connectivity index (χ0n) is 19.1. The van der Waals surface area contributed by atoms with Crippen LogP contribution in [0.2, 0.25) is 0 Å². The number of fused-ring (bicyclic) bond motifs is 1. The number of aromatic amines is 1. The zero-order chi connectivity index (χ0) is 24.9. The van der Waals surface area contributed by atoms with Crippen molar-refractivity contribution in [1.29, 1.82) is 0 Å². The fourth-order valence-corrected chi connectivity index (χ4v) is 3.60. The van der Waals surface area contributed by atoms with Gasteiger partial charge in [-0.15, -0.1) is 0 Å². The number of rotatable bonds is 8. The average molecular weight is 480 g/mol. The first-order valence-corrected chi connectivity index (χ1v) is 11.0. The molecule has 2 heterocycles. The monoisotopic (exact) mass is 479 g/mol. The van der Waals surface area contributed by atoms with Gasteiger partial charge in [-0.3, -0.25) is 10.1 Å². The van der Waals surface area contributed by atoms with Gasteiger partial charge in [0.2, 0.25) is 17.8 Å². The van der Waals surface area contributed by atoms with Crippen LogP contribution < -0.4 is 16.1 Å². The highest BCUT2D eigenvalue weighted by Gasteiger charge is 2.10. The lowest BCUT2D eigenvalue weighted by atomic mass is 10.1. The number of benzene rings is 3. The van der Waals surface area contributed by atoms with Crippen LogP contribution in [0.1, 0.15) is 11.3 Å². The average Bonchev–Trinajstić information content (AvgIpc) is 3.20. The highest BCUT2D eigenvalue weighted by Crippen LogP contribution is 2.22. The second kappa shape index (κ2) is 9.89. The maximum atomic E-state index is 10.9. The first-order valence-electron chi connectivity index (χ1n) is 11.0.